The third-order valence-electron chi connectivity index (χ3n) is 2.38. The van der Waals surface area contributed by atoms with Crippen molar-refractivity contribution in [3.8, 4) is 0 Å². The molecule has 1 atom stereocenters. The molecule has 1 saturated heterocycles. The van der Waals surface area contributed by atoms with Gasteiger partial charge < -0.3 is 14.8 Å². The van der Waals surface area contributed by atoms with Gasteiger partial charge in [0, 0.05) is 12.0 Å². The van der Waals surface area contributed by atoms with Crippen molar-refractivity contribution < 1.29 is 14.3 Å². The highest BCUT2D eigenvalue weighted by atomic mass is 16.5. The molecule has 1 fully saturated rings. The molecule has 0 saturated carbocycles. The Morgan fingerprint density at radius 1 is 1.64 bits per heavy atom. The molecule has 1 aliphatic rings. The molecule has 0 aliphatic carbocycles. The summed E-state index contributed by atoms with van der Waals surface area (Å²) >= 11 is 0. The van der Waals surface area contributed by atoms with Gasteiger partial charge in [-0.05, 0) is 13.8 Å². The van der Waals surface area contributed by atoms with Gasteiger partial charge in [-0.2, -0.15) is 0 Å². The molecule has 1 unspecified atom stereocenters. The van der Waals surface area contributed by atoms with Crippen LogP contribution in [0.1, 0.15) is 20.8 Å². The van der Waals surface area contributed by atoms with Crippen LogP contribution in [0, 0.1) is 5.41 Å². The van der Waals surface area contributed by atoms with Gasteiger partial charge in [0.15, 0.2) is 0 Å². The molecule has 0 amide bonds. The zero-order valence-corrected chi connectivity index (χ0v) is 9.13. The molecule has 14 heavy (non-hydrogen) atoms. The molecule has 82 valence electrons. The van der Waals surface area contributed by atoms with Crippen molar-refractivity contribution >= 4 is 5.97 Å². The lowest BCUT2D eigenvalue weighted by Gasteiger charge is -2.38. The van der Waals surface area contributed by atoms with Crippen LogP contribution < -0.4 is 5.32 Å². The summed E-state index contributed by atoms with van der Waals surface area (Å²) in [5.74, 6) is -0.184. The van der Waals surface area contributed by atoms with E-state index in [9.17, 15) is 4.79 Å². The van der Waals surface area contributed by atoms with Crippen molar-refractivity contribution in [2.75, 3.05) is 26.4 Å². The normalized spacial score (nSPS) is 21.1. The van der Waals surface area contributed by atoms with E-state index in [4.69, 9.17) is 9.47 Å². The maximum Gasteiger partial charge on any atom is 0.322 e. The number of carbonyl (C=O) groups excluding carboxylic acids is 1. The Bertz CT molecular complexity index is 202. The summed E-state index contributed by atoms with van der Waals surface area (Å²) in [5.41, 5.74) is 0.195. The third kappa shape index (κ3) is 2.96. The monoisotopic (exact) mass is 201 g/mol. The molecular weight excluding hydrogens is 182 g/mol. The van der Waals surface area contributed by atoms with E-state index in [1.54, 1.807) is 0 Å². The van der Waals surface area contributed by atoms with E-state index in [0.717, 1.165) is 19.8 Å². The first-order chi connectivity index (χ1) is 6.57. The van der Waals surface area contributed by atoms with E-state index >= 15 is 0 Å². The van der Waals surface area contributed by atoms with Gasteiger partial charge in [-0.25, -0.2) is 0 Å². The molecular formula is C10H19NO3. The Labute approximate surface area is 85.0 Å². The second kappa shape index (κ2) is 4.75. The van der Waals surface area contributed by atoms with E-state index < -0.39 is 0 Å². The van der Waals surface area contributed by atoms with Crippen LogP contribution in [0.5, 0.6) is 0 Å². The lowest BCUT2D eigenvalue weighted by Crippen LogP contribution is -2.50. The zero-order chi connectivity index (χ0) is 10.6. The van der Waals surface area contributed by atoms with Crippen LogP contribution in [0.15, 0.2) is 0 Å². The number of esters is 1. The Hall–Kier alpha value is -0.610. The van der Waals surface area contributed by atoms with Crippen molar-refractivity contribution in [3.05, 3.63) is 0 Å². The maximum atomic E-state index is 11.3. The Morgan fingerprint density at radius 2 is 2.29 bits per heavy atom. The van der Waals surface area contributed by atoms with Gasteiger partial charge >= 0.3 is 5.97 Å². The number of rotatable bonds is 5. The van der Waals surface area contributed by atoms with Crippen LogP contribution in [0.3, 0.4) is 0 Å². The van der Waals surface area contributed by atoms with Crippen molar-refractivity contribution in [1.82, 2.24) is 5.32 Å². The minimum Gasteiger partial charge on any atom is -0.465 e. The van der Waals surface area contributed by atoms with Crippen LogP contribution in [-0.2, 0) is 14.3 Å². The standard InChI is InChI=1S/C10H19NO3/c1-4-14-9(12)8(2)11-5-10(3)6-13-7-10/h8,11H,4-7H2,1-3H3. The highest BCUT2D eigenvalue weighted by Crippen LogP contribution is 2.25. The van der Waals surface area contributed by atoms with Crippen LogP contribution in [0.25, 0.3) is 0 Å². The van der Waals surface area contributed by atoms with Gasteiger partial charge in [-0.1, -0.05) is 6.92 Å². The van der Waals surface area contributed by atoms with Gasteiger partial charge in [0.1, 0.15) is 6.04 Å². The molecule has 4 heteroatoms. The van der Waals surface area contributed by atoms with Gasteiger partial charge in [0.05, 0.1) is 19.8 Å². The second-order valence-electron chi connectivity index (χ2n) is 4.16. The molecule has 0 aromatic carbocycles. The van der Waals surface area contributed by atoms with Crippen LogP contribution in [0.2, 0.25) is 0 Å². The molecule has 0 aromatic rings. The number of hydrogen-bond donors (Lipinski definition) is 1. The third-order valence-corrected chi connectivity index (χ3v) is 2.38. The molecule has 0 bridgehead atoms. The Morgan fingerprint density at radius 3 is 2.71 bits per heavy atom. The quantitative estimate of drug-likeness (QED) is 0.660. The smallest absolute Gasteiger partial charge is 0.322 e. The molecule has 0 spiro atoms. The Balaban J connectivity index is 2.20. The number of ether oxygens (including phenoxy) is 2. The topological polar surface area (TPSA) is 47.6 Å². The minimum atomic E-state index is -0.229. The summed E-state index contributed by atoms with van der Waals surface area (Å²) in [6, 6.07) is -0.229. The van der Waals surface area contributed by atoms with E-state index in [2.05, 4.69) is 12.2 Å². The summed E-state index contributed by atoms with van der Waals surface area (Å²) in [4.78, 5) is 11.3. The fraction of sp³-hybridized carbons (Fsp3) is 0.900. The molecule has 1 aliphatic heterocycles. The second-order valence-corrected chi connectivity index (χ2v) is 4.16. The lowest BCUT2D eigenvalue weighted by molar-refractivity contribution is -0.146. The zero-order valence-electron chi connectivity index (χ0n) is 9.13. The molecule has 1 heterocycles. The minimum absolute atomic E-state index is 0.184. The lowest BCUT2D eigenvalue weighted by atomic mass is 9.88. The highest BCUT2D eigenvalue weighted by Gasteiger charge is 2.33. The van der Waals surface area contributed by atoms with Crippen molar-refractivity contribution in [1.29, 1.82) is 0 Å². The van der Waals surface area contributed by atoms with E-state index in [1.807, 2.05) is 13.8 Å². The van der Waals surface area contributed by atoms with E-state index in [0.29, 0.717) is 6.61 Å². The average molecular weight is 201 g/mol. The first-order valence-corrected chi connectivity index (χ1v) is 5.05. The number of nitrogens with one attached hydrogen (secondary N) is 1. The van der Waals surface area contributed by atoms with E-state index in [-0.39, 0.29) is 17.4 Å². The van der Waals surface area contributed by atoms with Crippen LogP contribution in [0.4, 0.5) is 0 Å². The fourth-order valence-corrected chi connectivity index (χ4v) is 1.30. The highest BCUT2D eigenvalue weighted by molar-refractivity contribution is 5.75. The Kier molecular flexibility index (Phi) is 3.89. The predicted octanol–water partition coefficient (Wildman–Crippen LogP) is 0.564. The molecule has 0 radical (unpaired) electrons. The molecule has 1 N–H and O–H groups in total. The van der Waals surface area contributed by atoms with Gasteiger partial charge in [-0.3, -0.25) is 4.79 Å². The van der Waals surface area contributed by atoms with Crippen LogP contribution in [-0.4, -0.2) is 38.4 Å². The summed E-state index contributed by atoms with van der Waals surface area (Å²) in [6.07, 6.45) is 0. The summed E-state index contributed by atoms with van der Waals surface area (Å²) < 4.78 is 10.0. The van der Waals surface area contributed by atoms with Gasteiger partial charge in [0.2, 0.25) is 0 Å². The van der Waals surface area contributed by atoms with Gasteiger partial charge in [0.25, 0.3) is 0 Å². The first kappa shape index (κ1) is 11.5. The fourth-order valence-electron chi connectivity index (χ4n) is 1.30. The summed E-state index contributed by atoms with van der Waals surface area (Å²) in [5, 5.41) is 3.16. The maximum absolute atomic E-state index is 11.3. The van der Waals surface area contributed by atoms with Crippen LogP contribution >= 0.6 is 0 Å². The largest absolute Gasteiger partial charge is 0.465 e. The average Bonchev–Trinajstić information content (AvgIpc) is 2.11. The first-order valence-electron chi connectivity index (χ1n) is 5.05. The van der Waals surface area contributed by atoms with Crippen molar-refractivity contribution in [2.45, 2.75) is 26.8 Å². The predicted molar refractivity (Wildman–Crippen MR) is 53.0 cm³/mol. The number of carbonyl (C=O) groups is 1. The molecule has 0 aromatic heterocycles. The molecule has 1 rings (SSSR count). The van der Waals surface area contributed by atoms with E-state index in [1.165, 1.54) is 0 Å². The summed E-state index contributed by atoms with van der Waals surface area (Å²) in [6.45, 7) is 8.55. The van der Waals surface area contributed by atoms with Crippen molar-refractivity contribution in [3.63, 3.8) is 0 Å². The van der Waals surface area contributed by atoms with Crippen molar-refractivity contribution in [2.24, 2.45) is 5.41 Å². The number of hydrogen-bond acceptors (Lipinski definition) is 4. The SMILES string of the molecule is CCOC(=O)C(C)NCC1(C)COC1. The molecule has 4 nitrogen and oxygen atoms in total. The summed E-state index contributed by atoms with van der Waals surface area (Å²) in [7, 11) is 0. The van der Waals surface area contributed by atoms with Gasteiger partial charge in [-0.15, -0.1) is 0 Å².